The van der Waals surface area contributed by atoms with Crippen molar-refractivity contribution < 1.29 is 19.4 Å². The topological polar surface area (TPSA) is 96.7 Å². The van der Waals surface area contributed by atoms with E-state index in [0.29, 0.717) is 5.69 Å². The van der Waals surface area contributed by atoms with Crippen molar-refractivity contribution in [3.63, 3.8) is 0 Å². The number of aryl methyl sites for hydroxylation is 2. The summed E-state index contributed by atoms with van der Waals surface area (Å²) in [6.07, 6.45) is -0.343. The highest BCUT2D eigenvalue weighted by molar-refractivity contribution is 5.93. The van der Waals surface area contributed by atoms with Crippen molar-refractivity contribution in [3.05, 3.63) is 11.4 Å². The number of methoxy groups -OCH3 is 1. The molecule has 0 saturated carbocycles. The molecule has 0 unspecified atom stereocenters. The lowest BCUT2D eigenvalue weighted by molar-refractivity contribution is -0.146. The summed E-state index contributed by atoms with van der Waals surface area (Å²) in [7, 11) is 1.30. The maximum absolute atomic E-state index is 12.3. The summed E-state index contributed by atoms with van der Waals surface area (Å²) in [5.41, 5.74) is 2.35. The number of aliphatic hydroxyl groups is 1. The number of hydrogen-bond acceptors (Lipinski definition) is 6. The number of aromatic nitrogens is 2. The van der Waals surface area contributed by atoms with Crippen molar-refractivity contribution in [1.82, 2.24) is 14.7 Å². The highest BCUT2D eigenvalue weighted by Gasteiger charge is 2.37. The van der Waals surface area contributed by atoms with Crippen molar-refractivity contribution in [2.24, 2.45) is 0 Å². The van der Waals surface area contributed by atoms with E-state index in [0.717, 1.165) is 17.9 Å². The van der Waals surface area contributed by atoms with Gasteiger partial charge >= 0.3 is 5.97 Å². The van der Waals surface area contributed by atoms with Crippen LogP contribution >= 0.6 is 0 Å². The summed E-state index contributed by atoms with van der Waals surface area (Å²) >= 11 is 0. The van der Waals surface area contributed by atoms with Crippen LogP contribution in [0.15, 0.2) is 0 Å². The van der Waals surface area contributed by atoms with Crippen LogP contribution in [0.25, 0.3) is 0 Å². The summed E-state index contributed by atoms with van der Waals surface area (Å²) in [6, 6.07) is -0.582. The Hall–Kier alpha value is -1.93. The highest BCUT2D eigenvalue weighted by Crippen LogP contribution is 2.21. The first kappa shape index (κ1) is 17.4. The zero-order valence-corrected chi connectivity index (χ0v) is 14.0. The third kappa shape index (κ3) is 3.70. The minimum Gasteiger partial charge on any atom is -0.468 e. The number of nitrogens with one attached hydrogen (secondary N) is 1. The fraction of sp³-hybridized carbons (Fsp3) is 0.667. The molecule has 1 aromatic heterocycles. The van der Waals surface area contributed by atoms with Crippen molar-refractivity contribution in [3.8, 4) is 0 Å². The molecule has 128 valence electrons. The Morgan fingerprint density at radius 3 is 2.70 bits per heavy atom. The Labute approximate surface area is 135 Å². The molecule has 0 aliphatic carbocycles. The maximum Gasteiger partial charge on any atom is 0.323 e. The van der Waals surface area contributed by atoms with E-state index in [4.69, 9.17) is 4.74 Å². The zero-order valence-electron chi connectivity index (χ0n) is 14.0. The minimum atomic E-state index is -0.627. The molecule has 2 heterocycles. The number of anilines is 1. The van der Waals surface area contributed by atoms with Crippen molar-refractivity contribution >= 4 is 17.6 Å². The predicted octanol–water partition coefficient (Wildman–Crippen LogP) is 0.0665. The molecule has 2 atom stereocenters. The summed E-state index contributed by atoms with van der Waals surface area (Å²) < 4.78 is 6.55. The smallest absolute Gasteiger partial charge is 0.323 e. The number of carbonyl (C=O) groups is 2. The van der Waals surface area contributed by atoms with E-state index in [2.05, 4.69) is 10.4 Å². The first-order valence-electron chi connectivity index (χ1n) is 7.71. The number of rotatable bonds is 5. The first-order valence-corrected chi connectivity index (χ1v) is 7.71. The molecule has 2 rings (SSSR count). The summed E-state index contributed by atoms with van der Waals surface area (Å²) in [5.74, 6) is -0.671. The zero-order chi connectivity index (χ0) is 17.1. The number of carbonyl (C=O) groups excluding carboxylic acids is 2. The number of esters is 1. The van der Waals surface area contributed by atoms with Gasteiger partial charge in [-0.1, -0.05) is 0 Å². The van der Waals surface area contributed by atoms with Crippen molar-refractivity contribution in [1.29, 1.82) is 0 Å². The molecular weight excluding hydrogens is 300 g/mol. The van der Waals surface area contributed by atoms with Gasteiger partial charge in [0.05, 0.1) is 36.8 Å². The minimum absolute atomic E-state index is 0.0208. The largest absolute Gasteiger partial charge is 0.468 e. The average molecular weight is 324 g/mol. The van der Waals surface area contributed by atoms with Gasteiger partial charge < -0.3 is 15.2 Å². The molecule has 0 aromatic carbocycles. The molecule has 1 saturated heterocycles. The lowest BCUT2D eigenvalue weighted by Crippen LogP contribution is -2.41. The Balaban J connectivity index is 2.04. The molecule has 23 heavy (non-hydrogen) atoms. The number of ether oxygens (including phenoxy) is 1. The normalized spacial score (nSPS) is 21.4. The van der Waals surface area contributed by atoms with Crippen molar-refractivity contribution in [2.45, 2.75) is 45.9 Å². The van der Waals surface area contributed by atoms with Gasteiger partial charge in [0.1, 0.15) is 6.04 Å². The number of nitrogens with zero attached hydrogens (tertiary/aromatic N) is 3. The van der Waals surface area contributed by atoms with Crippen LogP contribution < -0.4 is 5.32 Å². The van der Waals surface area contributed by atoms with Gasteiger partial charge in [-0.2, -0.15) is 5.10 Å². The predicted molar refractivity (Wildman–Crippen MR) is 84.0 cm³/mol. The highest BCUT2D eigenvalue weighted by atomic mass is 16.5. The maximum atomic E-state index is 12.3. The van der Waals surface area contributed by atoms with Crippen LogP contribution in [-0.2, 0) is 20.9 Å². The fourth-order valence-electron chi connectivity index (χ4n) is 2.98. The second-order valence-electron chi connectivity index (χ2n) is 5.77. The molecule has 1 aliphatic heterocycles. The van der Waals surface area contributed by atoms with E-state index in [1.54, 1.807) is 4.90 Å². The number of amides is 1. The van der Waals surface area contributed by atoms with Gasteiger partial charge in [-0.05, 0) is 20.8 Å². The molecule has 1 aromatic rings. The van der Waals surface area contributed by atoms with Crippen LogP contribution in [0, 0.1) is 13.8 Å². The molecule has 8 nitrogen and oxygen atoms in total. The second kappa shape index (κ2) is 7.10. The summed E-state index contributed by atoms with van der Waals surface area (Å²) in [4.78, 5) is 25.7. The number of aliphatic hydroxyl groups excluding tert-OH is 1. The van der Waals surface area contributed by atoms with E-state index in [-0.39, 0.29) is 25.4 Å². The third-order valence-electron chi connectivity index (χ3n) is 4.15. The van der Waals surface area contributed by atoms with E-state index >= 15 is 0 Å². The standard InChI is InChI=1S/C15H24N4O4/c1-5-19-10(3)14(9(2)17-19)16-13(21)8-18-7-11(20)6-12(18)15(22)23-4/h11-12,20H,5-8H2,1-4H3,(H,16,21)/t11-,12+/m0/s1. The molecule has 1 amide bonds. The number of β-amino-alcohol motifs (C(OH)–C–C–N with tert-alkyl or cyclic N) is 1. The van der Waals surface area contributed by atoms with Gasteiger partial charge in [-0.3, -0.25) is 19.2 Å². The molecule has 8 heteroatoms. The van der Waals surface area contributed by atoms with Crippen LogP contribution in [0.3, 0.4) is 0 Å². The Kier molecular flexibility index (Phi) is 5.38. The molecule has 0 radical (unpaired) electrons. The second-order valence-corrected chi connectivity index (χ2v) is 5.77. The quantitative estimate of drug-likeness (QED) is 0.744. The Bertz CT molecular complexity index is 599. The Morgan fingerprint density at radius 2 is 2.13 bits per heavy atom. The molecule has 0 bridgehead atoms. The van der Waals surface area contributed by atoms with Crippen molar-refractivity contribution in [2.75, 3.05) is 25.5 Å². The number of likely N-dealkylation sites (tertiary alicyclic amines) is 1. The number of hydrogen-bond donors (Lipinski definition) is 2. The van der Waals surface area contributed by atoms with Gasteiger partial charge in [0.15, 0.2) is 0 Å². The van der Waals surface area contributed by atoms with Crippen LogP contribution in [0.5, 0.6) is 0 Å². The van der Waals surface area contributed by atoms with Crippen LogP contribution in [0.1, 0.15) is 24.7 Å². The lowest BCUT2D eigenvalue weighted by atomic mass is 10.2. The van der Waals surface area contributed by atoms with E-state index < -0.39 is 18.1 Å². The van der Waals surface area contributed by atoms with Crippen LogP contribution in [0.2, 0.25) is 0 Å². The van der Waals surface area contributed by atoms with Gasteiger partial charge in [-0.25, -0.2) is 0 Å². The molecular formula is C15H24N4O4. The van der Waals surface area contributed by atoms with E-state index in [9.17, 15) is 14.7 Å². The lowest BCUT2D eigenvalue weighted by Gasteiger charge is -2.21. The Morgan fingerprint density at radius 1 is 1.43 bits per heavy atom. The van der Waals surface area contributed by atoms with Crippen LogP contribution in [-0.4, -0.2) is 64.0 Å². The first-order chi connectivity index (χ1) is 10.9. The monoisotopic (exact) mass is 324 g/mol. The van der Waals surface area contributed by atoms with E-state index in [1.807, 2.05) is 25.5 Å². The summed E-state index contributed by atoms with van der Waals surface area (Å²) in [6.45, 7) is 6.75. The van der Waals surface area contributed by atoms with Gasteiger partial charge in [0.2, 0.25) is 5.91 Å². The average Bonchev–Trinajstić information content (AvgIpc) is 3.00. The van der Waals surface area contributed by atoms with Gasteiger partial charge in [-0.15, -0.1) is 0 Å². The molecule has 2 N–H and O–H groups in total. The SMILES string of the molecule is CCn1nc(C)c(NC(=O)CN2C[C@@H](O)C[C@@H]2C(=O)OC)c1C. The summed E-state index contributed by atoms with van der Waals surface area (Å²) in [5, 5.41) is 17.0. The third-order valence-corrected chi connectivity index (χ3v) is 4.15. The molecule has 1 fully saturated rings. The molecule has 0 spiro atoms. The van der Waals surface area contributed by atoms with Crippen LogP contribution in [0.4, 0.5) is 5.69 Å². The van der Waals surface area contributed by atoms with Gasteiger partial charge in [0, 0.05) is 19.5 Å². The molecule has 1 aliphatic rings. The van der Waals surface area contributed by atoms with Gasteiger partial charge in [0.25, 0.3) is 0 Å². The fourth-order valence-corrected chi connectivity index (χ4v) is 2.98. The van der Waals surface area contributed by atoms with E-state index in [1.165, 1.54) is 7.11 Å².